The van der Waals surface area contributed by atoms with Gasteiger partial charge < -0.3 is 62.7 Å². The number of H-pyrrole nitrogens is 2. The average Bonchev–Trinajstić information content (AvgIpc) is 3.97. The van der Waals surface area contributed by atoms with Gasteiger partial charge in [-0.1, -0.05) is 91.0 Å². The molecule has 19 nitrogen and oxygen atoms in total. The third kappa shape index (κ3) is 13.6. The Morgan fingerprint density at radius 2 is 0.806 bits per heavy atom. The van der Waals surface area contributed by atoms with Gasteiger partial charge in [0, 0.05) is 59.9 Å². The number of benzene rings is 5. The van der Waals surface area contributed by atoms with Gasteiger partial charge in [0.05, 0.1) is 12.5 Å². The molecule has 0 spiro atoms. The zero-order valence-corrected chi connectivity index (χ0v) is 38.7. The highest BCUT2D eigenvalue weighted by atomic mass is 16.4. The second-order valence-corrected chi connectivity index (χ2v) is 17.4. The Labute approximate surface area is 412 Å². The van der Waals surface area contributed by atoms with E-state index in [1.165, 1.54) is 36.4 Å². The minimum Gasteiger partial charge on any atom is -0.508 e. The molecule has 2 aromatic heterocycles. The van der Waals surface area contributed by atoms with Crippen LogP contribution in [0, 0.1) is 0 Å². The van der Waals surface area contributed by atoms with E-state index in [0.717, 1.165) is 21.8 Å². The van der Waals surface area contributed by atoms with Crippen molar-refractivity contribution in [3.8, 4) is 11.5 Å². The first-order chi connectivity index (χ1) is 34.6. The van der Waals surface area contributed by atoms with Gasteiger partial charge in [-0.15, -0.1) is 0 Å². The summed E-state index contributed by atoms with van der Waals surface area (Å²) in [7, 11) is 0. The SMILES string of the molecule is N[C@@H](Cc1ccc(O)cc1)C(=O)N[C@@H](CC(=O)O)C(=O)N[C@@H](Cc1ccccc1)C(=O)N[C@@H](Cc1ccc(O)cc1)C(=O)N[C@@H](Cc1c[nH]c2ccccc12)C(=O)N[C@@H](Cc1c[nH]c2ccccc12)C(=O)O. The molecule has 0 radical (unpaired) electrons. The van der Waals surface area contributed by atoms with Crippen molar-refractivity contribution in [2.24, 2.45) is 5.73 Å². The number of rotatable bonds is 23. The van der Waals surface area contributed by atoms with Crippen molar-refractivity contribution >= 4 is 63.3 Å². The molecule has 0 aliphatic rings. The topological polar surface area (TPSA) is 318 Å². The maximum atomic E-state index is 14.7. The summed E-state index contributed by atoms with van der Waals surface area (Å²) in [6.45, 7) is 0. The van der Waals surface area contributed by atoms with E-state index in [4.69, 9.17) is 5.73 Å². The first-order valence-corrected chi connectivity index (χ1v) is 23.0. The number of aromatic amines is 2. The summed E-state index contributed by atoms with van der Waals surface area (Å²) in [6.07, 6.45) is 1.83. The van der Waals surface area contributed by atoms with E-state index in [9.17, 15) is 54.0 Å². The Kier molecular flexibility index (Phi) is 16.7. The minimum absolute atomic E-state index is 0.00558. The number of amides is 5. The standard InChI is InChI=1S/C53H54N8O11/c54-39(22-31-14-18-35(62)19-15-31)48(66)57-45(27-47(64)65)52(70)59-42(23-30-8-2-1-3-9-30)49(67)58-43(24-32-16-20-36(63)21-17-32)50(68)60-44(25-33-28-55-40-12-6-4-10-37(33)40)51(69)61-46(53(71)72)26-34-29-56-41-13-7-5-11-38(34)41/h1-21,28-29,39,42-46,55-56,62-63H,22-27,54H2,(H,57,66)(H,58,67)(H,59,70)(H,60,68)(H,61,69)(H,64,65)(H,71,72)/t39-,42-,43-,44-,45-,46-/m0/s1. The number of aliphatic carboxylic acids is 2. The Hall–Kier alpha value is -8.97. The maximum Gasteiger partial charge on any atom is 0.326 e. The second kappa shape index (κ2) is 23.6. The molecule has 0 unspecified atom stereocenters. The Bertz CT molecular complexity index is 3050. The van der Waals surface area contributed by atoms with Crippen molar-refractivity contribution in [3.63, 3.8) is 0 Å². The monoisotopic (exact) mass is 978 g/mol. The van der Waals surface area contributed by atoms with Crippen molar-refractivity contribution < 1.29 is 54.0 Å². The van der Waals surface area contributed by atoms with Gasteiger partial charge in [0.25, 0.3) is 0 Å². The number of carboxylic acid groups (broad SMARTS) is 2. The number of carbonyl (C=O) groups excluding carboxylic acids is 5. The van der Waals surface area contributed by atoms with Crippen LogP contribution < -0.4 is 32.3 Å². The van der Waals surface area contributed by atoms with Crippen molar-refractivity contribution in [1.29, 1.82) is 0 Å². The number of nitrogens with one attached hydrogen (secondary N) is 7. The number of carboxylic acids is 2. The summed E-state index contributed by atoms with van der Waals surface area (Å²) in [5, 5.41) is 54.4. The molecule has 6 atom stereocenters. The summed E-state index contributed by atoms with van der Waals surface area (Å²) in [5.74, 6) is -7.37. The van der Waals surface area contributed by atoms with Gasteiger partial charge >= 0.3 is 11.9 Å². The zero-order valence-electron chi connectivity index (χ0n) is 38.7. The highest BCUT2D eigenvalue weighted by molar-refractivity contribution is 5.98. The summed E-state index contributed by atoms with van der Waals surface area (Å²) in [4.78, 5) is 102. The van der Waals surface area contributed by atoms with Gasteiger partial charge in [-0.25, -0.2) is 4.79 Å². The van der Waals surface area contributed by atoms with Crippen LogP contribution >= 0.6 is 0 Å². The predicted molar refractivity (Wildman–Crippen MR) is 265 cm³/mol. The van der Waals surface area contributed by atoms with E-state index in [0.29, 0.717) is 27.8 Å². The van der Waals surface area contributed by atoms with Gasteiger partial charge in [-0.05, 0) is 70.6 Å². The molecular weight excluding hydrogens is 925 g/mol. The number of hydrogen-bond donors (Lipinski definition) is 12. The molecule has 0 aliphatic carbocycles. The molecule has 0 saturated heterocycles. The van der Waals surface area contributed by atoms with Crippen LogP contribution in [0.15, 0.2) is 140 Å². The number of hydrogen-bond acceptors (Lipinski definition) is 10. The Morgan fingerprint density at radius 3 is 1.28 bits per heavy atom. The predicted octanol–water partition coefficient (Wildman–Crippen LogP) is 2.88. The lowest BCUT2D eigenvalue weighted by molar-refractivity contribution is -0.142. The van der Waals surface area contributed by atoms with Gasteiger partial charge in [0.15, 0.2) is 0 Å². The lowest BCUT2D eigenvalue weighted by Gasteiger charge is -2.27. The molecule has 0 aliphatic heterocycles. The van der Waals surface area contributed by atoms with Gasteiger partial charge in [0.1, 0.15) is 41.7 Å². The molecule has 372 valence electrons. The minimum atomic E-state index is -1.71. The van der Waals surface area contributed by atoms with Gasteiger partial charge in [-0.2, -0.15) is 0 Å². The van der Waals surface area contributed by atoms with Crippen molar-refractivity contribution in [1.82, 2.24) is 36.6 Å². The number of carbonyl (C=O) groups is 7. The van der Waals surface area contributed by atoms with E-state index in [1.54, 1.807) is 60.9 Å². The normalized spacial score (nSPS) is 13.7. The maximum absolute atomic E-state index is 14.7. The lowest BCUT2D eigenvalue weighted by Crippen LogP contribution is -2.60. The number of aromatic nitrogens is 2. The van der Waals surface area contributed by atoms with Crippen molar-refractivity contribution in [2.45, 2.75) is 74.8 Å². The molecule has 5 amide bonds. The van der Waals surface area contributed by atoms with Crippen LogP contribution in [0.5, 0.6) is 11.5 Å². The molecule has 7 rings (SSSR count). The third-order valence-corrected chi connectivity index (χ3v) is 12.1. The smallest absolute Gasteiger partial charge is 0.326 e. The van der Waals surface area contributed by atoms with Crippen molar-refractivity contribution in [3.05, 3.63) is 168 Å². The Balaban J connectivity index is 1.15. The van der Waals surface area contributed by atoms with E-state index in [1.807, 2.05) is 42.5 Å². The molecular formula is C53H54N8O11. The van der Waals surface area contributed by atoms with Gasteiger partial charge in [0.2, 0.25) is 29.5 Å². The molecule has 72 heavy (non-hydrogen) atoms. The summed E-state index contributed by atoms with van der Waals surface area (Å²) in [6, 6.07) is 26.0. The third-order valence-electron chi connectivity index (χ3n) is 12.1. The number of phenols is 2. The van der Waals surface area contributed by atoms with Crippen LogP contribution in [0.4, 0.5) is 0 Å². The summed E-state index contributed by atoms with van der Waals surface area (Å²) < 4.78 is 0. The molecule has 0 fully saturated rings. The van der Waals surface area contributed by atoms with Crippen LogP contribution in [0.1, 0.15) is 34.2 Å². The summed E-state index contributed by atoms with van der Waals surface area (Å²) in [5.41, 5.74) is 10.5. The first kappa shape index (κ1) is 50.9. The van der Waals surface area contributed by atoms with Crippen LogP contribution in [-0.4, -0.2) is 108 Å². The summed E-state index contributed by atoms with van der Waals surface area (Å²) >= 11 is 0. The first-order valence-electron chi connectivity index (χ1n) is 23.0. The number of para-hydroxylation sites is 2. The van der Waals surface area contributed by atoms with Crippen LogP contribution in [-0.2, 0) is 65.7 Å². The number of phenolic OH excluding ortho intramolecular Hbond substituents is 2. The number of fused-ring (bicyclic) bond motifs is 2. The Morgan fingerprint density at radius 1 is 0.431 bits per heavy atom. The molecule has 0 bridgehead atoms. The number of aromatic hydroxyl groups is 2. The molecule has 5 aromatic carbocycles. The molecule has 2 heterocycles. The number of nitrogens with two attached hydrogens (primary N) is 1. The highest BCUT2D eigenvalue weighted by Crippen LogP contribution is 2.22. The molecule has 0 saturated carbocycles. The fraction of sp³-hybridized carbons (Fsp3) is 0.226. The average molecular weight is 979 g/mol. The van der Waals surface area contributed by atoms with Gasteiger partial charge in [-0.3, -0.25) is 28.8 Å². The fourth-order valence-corrected chi connectivity index (χ4v) is 8.32. The lowest BCUT2D eigenvalue weighted by atomic mass is 10.00. The second-order valence-electron chi connectivity index (χ2n) is 17.4. The van der Waals surface area contributed by atoms with E-state index >= 15 is 0 Å². The van der Waals surface area contributed by atoms with Crippen molar-refractivity contribution in [2.75, 3.05) is 0 Å². The highest BCUT2D eigenvalue weighted by Gasteiger charge is 2.34. The van der Waals surface area contributed by atoms with E-state index in [-0.39, 0.29) is 43.6 Å². The largest absolute Gasteiger partial charge is 0.508 e. The molecule has 19 heteroatoms. The van der Waals surface area contributed by atoms with E-state index < -0.39 is 84.1 Å². The quantitative estimate of drug-likeness (QED) is 0.0441. The molecule has 7 aromatic rings. The van der Waals surface area contributed by atoms with Crippen LogP contribution in [0.3, 0.4) is 0 Å². The molecule has 13 N–H and O–H groups in total. The fourth-order valence-electron chi connectivity index (χ4n) is 8.32. The van der Waals surface area contributed by atoms with E-state index in [2.05, 4.69) is 36.6 Å². The van der Waals surface area contributed by atoms with Crippen LogP contribution in [0.25, 0.3) is 21.8 Å². The van der Waals surface area contributed by atoms with Crippen LogP contribution in [0.2, 0.25) is 0 Å². The zero-order chi connectivity index (χ0) is 51.3.